The van der Waals surface area contributed by atoms with E-state index in [1.165, 1.54) is 0 Å². The molecular formula is C13H25ClN4O. The van der Waals surface area contributed by atoms with Crippen molar-refractivity contribution < 1.29 is 4.79 Å². The lowest BCUT2D eigenvalue weighted by Crippen LogP contribution is -2.37. The van der Waals surface area contributed by atoms with Gasteiger partial charge in [-0.25, -0.2) is 0 Å². The van der Waals surface area contributed by atoms with Crippen molar-refractivity contribution in [2.24, 2.45) is 12.5 Å². The second kappa shape index (κ2) is 7.50. The fraction of sp³-hybridized carbons (Fsp3) is 0.692. The molecule has 0 bridgehead atoms. The van der Waals surface area contributed by atoms with E-state index in [2.05, 4.69) is 36.5 Å². The minimum atomic E-state index is -0.0433. The maximum Gasteiger partial charge on any atom is 0.221 e. The molecule has 0 radical (unpaired) electrons. The Bertz CT molecular complexity index is 398. The Labute approximate surface area is 121 Å². The summed E-state index contributed by atoms with van der Waals surface area (Å²) in [6.07, 6.45) is 4.26. The predicted molar refractivity (Wildman–Crippen MR) is 79.3 cm³/mol. The normalized spacial score (nSPS) is 12.7. The minimum absolute atomic E-state index is 0. The Morgan fingerprint density at radius 1 is 1.47 bits per heavy atom. The van der Waals surface area contributed by atoms with Crippen molar-refractivity contribution in [3.63, 3.8) is 0 Å². The van der Waals surface area contributed by atoms with Crippen LogP contribution in [0.5, 0.6) is 0 Å². The van der Waals surface area contributed by atoms with Gasteiger partial charge in [0.1, 0.15) is 0 Å². The van der Waals surface area contributed by atoms with E-state index in [0.29, 0.717) is 13.0 Å². The van der Waals surface area contributed by atoms with Crippen LogP contribution in [0, 0.1) is 5.41 Å². The van der Waals surface area contributed by atoms with E-state index in [4.69, 9.17) is 0 Å². The molecule has 0 aliphatic rings. The second-order valence-corrected chi connectivity index (χ2v) is 5.67. The third kappa shape index (κ3) is 5.61. The highest BCUT2D eigenvalue weighted by Crippen LogP contribution is 2.32. The highest BCUT2D eigenvalue weighted by atomic mass is 35.5. The Kier molecular flexibility index (Phi) is 7.08. The van der Waals surface area contributed by atoms with Gasteiger partial charge in [-0.15, -0.1) is 12.4 Å². The number of rotatable bonds is 5. The number of aryl methyl sites for hydroxylation is 1. The van der Waals surface area contributed by atoms with Gasteiger partial charge in [0.2, 0.25) is 5.91 Å². The molecule has 0 fully saturated rings. The van der Waals surface area contributed by atoms with Crippen molar-refractivity contribution in [3.8, 4) is 0 Å². The first-order valence-electron chi connectivity index (χ1n) is 6.27. The van der Waals surface area contributed by atoms with Crippen molar-refractivity contribution >= 4 is 18.3 Å². The average molecular weight is 289 g/mol. The van der Waals surface area contributed by atoms with Crippen LogP contribution < -0.4 is 10.6 Å². The van der Waals surface area contributed by atoms with Gasteiger partial charge < -0.3 is 10.6 Å². The van der Waals surface area contributed by atoms with Crippen LogP contribution in [0.3, 0.4) is 0 Å². The lowest BCUT2D eigenvalue weighted by atomic mass is 9.83. The summed E-state index contributed by atoms with van der Waals surface area (Å²) in [6, 6.07) is -0.0180. The summed E-state index contributed by atoms with van der Waals surface area (Å²) in [5.41, 5.74) is 1.00. The maximum atomic E-state index is 11.9. The average Bonchev–Trinajstić information content (AvgIpc) is 2.68. The molecule has 1 aromatic heterocycles. The monoisotopic (exact) mass is 288 g/mol. The van der Waals surface area contributed by atoms with Crippen LogP contribution in [0.15, 0.2) is 12.4 Å². The van der Waals surface area contributed by atoms with Crippen LogP contribution in [0.2, 0.25) is 0 Å². The fourth-order valence-electron chi connectivity index (χ4n) is 1.86. The van der Waals surface area contributed by atoms with Gasteiger partial charge >= 0.3 is 0 Å². The van der Waals surface area contributed by atoms with Crippen LogP contribution in [0.1, 0.15) is 38.8 Å². The number of nitrogens with zero attached hydrogens (tertiary/aromatic N) is 2. The van der Waals surface area contributed by atoms with Crippen molar-refractivity contribution in [1.29, 1.82) is 0 Å². The summed E-state index contributed by atoms with van der Waals surface area (Å²) >= 11 is 0. The van der Waals surface area contributed by atoms with Crippen molar-refractivity contribution in [2.75, 3.05) is 13.6 Å². The molecule has 1 aromatic rings. The molecule has 0 aliphatic heterocycles. The first kappa shape index (κ1) is 17.9. The van der Waals surface area contributed by atoms with Gasteiger partial charge in [-0.3, -0.25) is 9.48 Å². The molecule has 0 spiro atoms. The first-order chi connectivity index (χ1) is 8.34. The zero-order valence-electron chi connectivity index (χ0n) is 12.4. The molecule has 1 amide bonds. The molecule has 0 saturated heterocycles. The Morgan fingerprint density at radius 2 is 2.11 bits per heavy atom. The largest absolute Gasteiger partial charge is 0.349 e. The summed E-state index contributed by atoms with van der Waals surface area (Å²) in [6.45, 7) is 7.03. The molecule has 0 aliphatic carbocycles. The van der Waals surface area contributed by atoms with Crippen molar-refractivity contribution in [3.05, 3.63) is 18.0 Å². The Hall–Kier alpha value is -1.07. The van der Waals surface area contributed by atoms with Gasteiger partial charge in [-0.2, -0.15) is 5.10 Å². The standard InChI is InChI=1S/C13H24N4O.ClH/c1-13(2,3)12(10-8-15-17(5)9-10)16-11(18)6-7-14-4;/h8-9,12,14H,6-7H2,1-5H3,(H,16,18);1H. The van der Waals surface area contributed by atoms with Gasteiger partial charge in [0.25, 0.3) is 0 Å². The van der Waals surface area contributed by atoms with E-state index in [0.717, 1.165) is 5.56 Å². The summed E-state index contributed by atoms with van der Waals surface area (Å²) in [5.74, 6) is 0.0631. The Morgan fingerprint density at radius 3 is 2.53 bits per heavy atom. The predicted octanol–water partition coefficient (Wildman–Crippen LogP) is 1.65. The molecular weight excluding hydrogens is 264 g/mol. The molecule has 0 aromatic carbocycles. The van der Waals surface area contributed by atoms with Crippen molar-refractivity contribution in [2.45, 2.75) is 33.2 Å². The van der Waals surface area contributed by atoms with Crippen LogP contribution in [0.4, 0.5) is 0 Å². The summed E-state index contributed by atoms with van der Waals surface area (Å²) < 4.78 is 1.76. The third-order valence-electron chi connectivity index (χ3n) is 2.83. The van der Waals surface area contributed by atoms with E-state index in [-0.39, 0.29) is 29.8 Å². The van der Waals surface area contributed by atoms with Gasteiger partial charge in [0, 0.05) is 31.8 Å². The van der Waals surface area contributed by atoms with E-state index in [1.807, 2.05) is 26.5 Å². The zero-order chi connectivity index (χ0) is 13.8. The molecule has 1 rings (SSSR count). The Balaban J connectivity index is 0.00000324. The van der Waals surface area contributed by atoms with E-state index in [9.17, 15) is 4.79 Å². The van der Waals surface area contributed by atoms with Crippen LogP contribution in [-0.2, 0) is 11.8 Å². The summed E-state index contributed by atoms with van der Waals surface area (Å²) in [5, 5.41) is 10.2. The molecule has 1 heterocycles. The third-order valence-corrected chi connectivity index (χ3v) is 2.83. The van der Waals surface area contributed by atoms with Crippen molar-refractivity contribution in [1.82, 2.24) is 20.4 Å². The SMILES string of the molecule is CNCCC(=O)NC(c1cnn(C)c1)C(C)(C)C.Cl. The van der Waals surface area contributed by atoms with Gasteiger partial charge in [0.05, 0.1) is 12.2 Å². The lowest BCUT2D eigenvalue weighted by Gasteiger charge is -2.30. The zero-order valence-corrected chi connectivity index (χ0v) is 13.2. The van der Waals surface area contributed by atoms with Crippen LogP contribution in [-0.4, -0.2) is 29.3 Å². The number of amides is 1. The highest BCUT2D eigenvalue weighted by molar-refractivity contribution is 5.85. The number of hydrogen-bond acceptors (Lipinski definition) is 3. The molecule has 6 heteroatoms. The van der Waals surface area contributed by atoms with Crippen LogP contribution in [0.25, 0.3) is 0 Å². The second-order valence-electron chi connectivity index (χ2n) is 5.67. The quantitative estimate of drug-likeness (QED) is 0.866. The molecule has 0 saturated carbocycles. The summed E-state index contributed by atoms with van der Waals surface area (Å²) in [7, 11) is 3.72. The number of carbonyl (C=O) groups excluding carboxylic acids is 1. The minimum Gasteiger partial charge on any atom is -0.349 e. The first-order valence-corrected chi connectivity index (χ1v) is 6.27. The van der Waals surface area contributed by atoms with E-state index >= 15 is 0 Å². The molecule has 19 heavy (non-hydrogen) atoms. The number of carbonyl (C=O) groups is 1. The number of halogens is 1. The maximum absolute atomic E-state index is 11.9. The van der Waals surface area contributed by atoms with Gasteiger partial charge in [-0.05, 0) is 12.5 Å². The lowest BCUT2D eigenvalue weighted by molar-refractivity contribution is -0.122. The highest BCUT2D eigenvalue weighted by Gasteiger charge is 2.28. The number of nitrogens with one attached hydrogen (secondary N) is 2. The van der Waals surface area contributed by atoms with Gasteiger partial charge in [0.15, 0.2) is 0 Å². The fourth-order valence-corrected chi connectivity index (χ4v) is 1.86. The molecule has 2 N–H and O–H groups in total. The molecule has 5 nitrogen and oxygen atoms in total. The smallest absolute Gasteiger partial charge is 0.221 e. The number of aromatic nitrogens is 2. The van der Waals surface area contributed by atoms with Crippen LogP contribution >= 0.6 is 12.4 Å². The molecule has 1 atom stereocenters. The number of hydrogen-bond donors (Lipinski definition) is 2. The topological polar surface area (TPSA) is 59.0 Å². The van der Waals surface area contributed by atoms with E-state index < -0.39 is 0 Å². The molecule has 110 valence electrons. The van der Waals surface area contributed by atoms with E-state index in [1.54, 1.807) is 4.68 Å². The summed E-state index contributed by atoms with van der Waals surface area (Å²) in [4.78, 5) is 11.9. The molecule has 1 unspecified atom stereocenters. The van der Waals surface area contributed by atoms with Gasteiger partial charge in [-0.1, -0.05) is 20.8 Å².